The zero-order valence-corrected chi connectivity index (χ0v) is 12.4. The molecule has 0 radical (unpaired) electrons. The van der Waals surface area contributed by atoms with Gasteiger partial charge in [0, 0.05) is 6.54 Å². The molecule has 0 spiro atoms. The summed E-state index contributed by atoms with van der Waals surface area (Å²) in [4.78, 5) is 23.0. The van der Waals surface area contributed by atoms with E-state index in [1.807, 2.05) is 30.3 Å². The fraction of sp³-hybridized carbons (Fsp3) is 0.400. The molecule has 0 bridgehead atoms. The second-order valence-corrected chi connectivity index (χ2v) is 5.03. The van der Waals surface area contributed by atoms with Crippen molar-refractivity contribution in [2.75, 3.05) is 6.54 Å². The van der Waals surface area contributed by atoms with Crippen LogP contribution < -0.4 is 22.1 Å². The summed E-state index contributed by atoms with van der Waals surface area (Å²) in [5.74, 6) is -0.461. The Labute approximate surface area is 130 Å². The predicted octanol–water partition coefficient (Wildman–Crippen LogP) is -0.497. The van der Waals surface area contributed by atoms with Crippen molar-refractivity contribution in [3.05, 3.63) is 35.9 Å². The first-order valence-corrected chi connectivity index (χ1v) is 7.16. The van der Waals surface area contributed by atoms with Crippen LogP contribution in [0.15, 0.2) is 30.3 Å². The molecule has 0 aliphatic rings. The first kappa shape index (κ1) is 17.6. The minimum absolute atomic E-state index is 0.114. The van der Waals surface area contributed by atoms with Gasteiger partial charge in [0.2, 0.25) is 5.91 Å². The van der Waals surface area contributed by atoms with Gasteiger partial charge in [0.25, 0.3) is 0 Å². The molecule has 0 saturated carbocycles. The van der Waals surface area contributed by atoms with Gasteiger partial charge in [0.15, 0.2) is 5.96 Å². The molecule has 120 valence electrons. The Kier molecular flexibility index (Phi) is 7.63. The van der Waals surface area contributed by atoms with Crippen LogP contribution in [0.2, 0.25) is 0 Å². The molecule has 1 rings (SSSR count). The number of aldehydes is 1. The van der Waals surface area contributed by atoms with Crippen molar-refractivity contribution in [1.82, 2.24) is 10.6 Å². The zero-order valence-electron chi connectivity index (χ0n) is 12.4. The largest absolute Gasteiger partial charge is 0.370 e. The molecule has 0 saturated heterocycles. The monoisotopic (exact) mass is 305 g/mol. The minimum Gasteiger partial charge on any atom is -0.370 e. The topological polar surface area (TPSA) is 134 Å². The van der Waals surface area contributed by atoms with Crippen LogP contribution in [-0.4, -0.2) is 36.8 Å². The Bertz CT molecular complexity index is 492. The average Bonchev–Trinajstić information content (AvgIpc) is 2.50. The van der Waals surface area contributed by atoms with Gasteiger partial charge in [0.05, 0.1) is 12.1 Å². The first-order chi connectivity index (χ1) is 10.5. The van der Waals surface area contributed by atoms with E-state index in [1.165, 1.54) is 0 Å². The van der Waals surface area contributed by atoms with Crippen LogP contribution in [0.1, 0.15) is 18.4 Å². The quantitative estimate of drug-likeness (QED) is 0.181. The lowest BCUT2D eigenvalue weighted by Gasteiger charge is -2.17. The number of carbonyl (C=O) groups excluding carboxylic acids is 2. The molecule has 0 heterocycles. The van der Waals surface area contributed by atoms with Gasteiger partial charge in [-0.15, -0.1) is 0 Å². The van der Waals surface area contributed by atoms with Crippen LogP contribution in [0, 0.1) is 5.41 Å². The summed E-state index contributed by atoms with van der Waals surface area (Å²) in [6.45, 7) is 0.478. The Morgan fingerprint density at radius 3 is 2.59 bits per heavy atom. The lowest BCUT2D eigenvalue weighted by Crippen LogP contribution is -2.47. The van der Waals surface area contributed by atoms with Crippen LogP contribution >= 0.6 is 0 Å². The van der Waals surface area contributed by atoms with Crippen LogP contribution in [0.3, 0.4) is 0 Å². The lowest BCUT2D eigenvalue weighted by molar-refractivity contribution is -0.125. The number of nitrogens with one attached hydrogen (secondary N) is 3. The third-order valence-corrected chi connectivity index (χ3v) is 3.13. The number of nitrogens with two attached hydrogens (primary N) is 2. The number of rotatable bonds is 9. The molecule has 0 aliphatic carbocycles. The second-order valence-electron chi connectivity index (χ2n) is 5.03. The molecule has 7 nitrogen and oxygen atoms in total. The third kappa shape index (κ3) is 6.85. The summed E-state index contributed by atoms with van der Waals surface area (Å²) in [6, 6.07) is 8.19. The van der Waals surface area contributed by atoms with Crippen molar-refractivity contribution in [2.45, 2.75) is 31.3 Å². The predicted molar refractivity (Wildman–Crippen MR) is 85.3 cm³/mol. The van der Waals surface area contributed by atoms with Crippen molar-refractivity contribution in [2.24, 2.45) is 11.5 Å². The van der Waals surface area contributed by atoms with Crippen molar-refractivity contribution >= 4 is 18.2 Å². The second kappa shape index (κ2) is 9.51. The summed E-state index contributed by atoms with van der Waals surface area (Å²) >= 11 is 0. The number of carbonyl (C=O) groups is 2. The van der Waals surface area contributed by atoms with Gasteiger partial charge in [-0.2, -0.15) is 0 Å². The van der Waals surface area contributed by atoms with Crippen molar-refractivity contribution in [1.29, 1.82) is 5.41 Å². The molecule has 1 aromatic carbocycles. The van der Waals surface area contributed by atoms with Crippen LogP contribution in [0.4, 0.5) is 0 Å². The van der Waals surface area contributed by atoms with E-state index >= 15 is 0 Å². The normalized spacial score (nSPS) is 13.0. The van der Waals surface area contributed by atoms with E-state index in [0.29, 0.717) is 32.1 Å². The molecular formula is C15H23N5O2. The summed E-state index contributed by atoms with van der Waals surface area (Å²) in [5, 5.41) is 12.3. The Hall–Kier alpha value is -2.41. The maximum absolute atomic E-state index is 12.0. The SMILES string of the molecule is N=C(N)NCCC[C@@H](C=O)NC(=O)[C@H](N)Cc1ccccc1. The number of hydrogen-bond donors (Lipinski definition) is 5. The number of guanidine groups is 1. The molecule has 7 heteroatoms. The molecular weight excluding hydrogens is 282 g/mol. The highest BCUT2D eigenvalue weighted by Crippen LogP contribution is 2.02. The summed E-state index contributed by atoms with van der Waals surface area (Å²) in [7, 11) is 0. The lowest BCUT2D eigenvalue weighted by atomic mass is 10.1. The highest BCUT2D eigenvalue weighted by Gasteiger charge is 2.17. The molecule has 0 aliphatic heterocycles. The summed E-state index contributed by atoms with van der Waals surface area (Å²) < 4.78 is 0. The number of hydrogen-bond acceptors (Lipinski definition) is 4. The highest BCUT2D eigenvalue weighted by molar-refractivity contribution is 5.84. The minimum atomic E-state index is -0.694. The maximum Gasteiger partial charge on any atom is 0.237 e. The fourth-order valence-electron chi connectivity index (χ4n) is 1.97. The van der Waals surface area contributed by atoms with E-state index in [9.17, 15) is 9.59 Å². The van der Waals surface area contributed by atoms with Gasteiger partial charge in [-0.3, -0.25) is 10.2 Å². The van der Waals surface area contributed by atoms with Crippen molar-refractivity contribution < 1.29 is 9.59 Å². The van der Waals surface area contributed by atoms with Crippen molar-refractivity contribution in [3.63, 3.8) is 0 Å². The van der Waals surface area contributed by atoms with E-state index in [1.54, 1.807) is 0 Å². The fourth-order valence-corrected chi connectivity index (χ4v) is 1.97. The highest BCUT2D eigenvalue weighted by atomic mass is 16.2. The molecule has 7 N–H and O–H groups in total. The van der Waals surface area contributed by atoms with Gasteiger partial charge >= 0.3 is 0 Å². The molecule has 0 aromatic heterocycles. The van der Waals surface area contributed by atoms with E-state index in [2.05, 4.69) is 10.6 Å². The number of amides is 1. The number of benzene rings is 1. The Morgan fingerprint density at radius 1 is 1.32 bits per heavy atom. The molecule has 1 aromatic rings. The standard InChI is InChI=1S/C15H23N5O2/c16-13(9-11-5-2-1-3-6-11)14(22)20-12(10-21)7-4-8-19-15(17)18/h1-3,5-6,10,12-13H,4,7-9,16H2,(H,20,22)(H4,17,18,19)/t12-,13+/m0/s1. The van der Waals surface area contributed by atoms with Gasteiger partial charge in [-0.05, 0) is 24.8 Å². The Balaban J connectivity index is 2.36. The van der Waals surface area contributed by atoms with Crippen LogP contribution in [0.5, 0.6) is 0 Å². The third-order valence-electron chi connectivity index (χ3n) is 3.13. The smallest absolute Gasteiger partial charge is 0.237 e. The average molecular weight is 305 g/mol. The van der Waals surface area contributed by atoms with Gasteiger partial charge in [-0.1, -0.05) is 30.3 Å². The first-order valence-electron chi connectivity index (χ1n) is 7.16. The van der Waals surface area contributed by atoms with Gasteiger partial charge in [-0.25, -0.2) is 0 Å². The van der Waals surface area contributed by atoms with Gasteiger partial charge < -0.3 is 26.9 Å². The molecule has 0 unspecified atom stereocenters. The molecule has 1 amide bonds. The van der Waals surface area contributed by atoms with Crippen molar-refractivity contribution in [3.8, 4) is 0 Å². The maximum atomic E-state index is 12.0. The van der Waals surface area contributed by atoms with E-state index in [0.717, 1.165) is 5.56 Å². The Morgan fingerprint density at radius 2 is 2.00 bits per heavy atom. The summed E-state index contributed by atoms with van der Waals surface area (Å²) in [5.41, 5.74) is 12.0. The summed E-state index contributed by atoms with van der Waals surface area (Å²) in [6.07, 6.45) is 2.19. The van der Waals surface area contributed by atoms with Crippen LogP contribution in [0.25, 0.3) is 0 Å². The molecule has 22 heavy (non-hydrogen) atoms. The van der Waals surface area contributed by atoms with E-state index < -0.39 is 12.1 Å². The zero-order chi connectivity index (χ0) is 16.4. The van der Waals surface area contributed by atoms with Crippen LogP contribution in [-0.2, 0) is 16.0 Å². The van der Waals surface area contributed by atoms with E-state index in [4.69, 9.17) is 16.9 Å². The van der Waals surface area contributed by atoms with Gasteiger partial charge in [0.1, 0.15) is 6.29 Å². The van der Waals surface area contributed by atoms with E-state index in [-0.39, 0.29) is 11.9 Å². The molecule has 0 fully saturated rings. The molecule has 2 atom stereocenters.